The molecule has 1 N–H and O–H groups in total. The van der Waals surface area contributed by atoms with Gasteiger partial charge in [-0.1, -0.05) is 39.1 Å². The first-order valence-electron chi connectivity index (χ1n) is 5.72. The maximum Gasteiger partial charge on any atom is 0.200 e. The summed E-state index contributed by atoms with van der Waals surface area (Å²) in [7, 11) is 0. The van der Waals surface area contributed by atoms with Gasteiger partial charge in [-0.3, -0.25) is 4.79 Å². The Balaban J connectivity index is 0.000000771. The molecule has 0 amide bonds. The number of para-hydroxylation sites is 1. The molecule has 0 fully saturated rings. The normalized spacial score (nSPS) is 9.44. The summed E-state index contributed by atoms with van der Waals surface area (Å²) in [6.45, 7) is 11.1. The monoisotopic (exact) mass is 244 g/mol. The zero-order valence-corrected chi connectivity index (χ0v) is 10.6. The molecule has 1 heterocycles. The molecule has 94 valence electrons. The first-order valence-corrected chi connectivity index (χ1v) is 5.72. The van der Waals surface area contributed by atoms with Gasteiger partial charge in [0.05, 0.1) is 10.9 Å². The van der Waals surface area contributed by atoms with Gasteiger partial charge in [0.25, 0.3) is 0 Å². The van der Waals surface area contributed by atoms with Crippen LogP contribution < -0.4 is 5.43 Å². The van der Waals surface area contributed by atoms with E-state index in [9.17, 15) is 9.90 Å². The Hall–Kier alpha value is -2.29. The van der Waals surface area contributed by atoms with Crippen LogP contribution in [-0.2, 0) is 0 Å². The molecule has 3 nitrogen and oxygen atoms in total. The zero-order valence-electron chi connectivity index (χ0n) is 10.6. The van der Waals surface area contributed by atoms with Gasteiger partial charge in [-0.25, -0.2) is 0 Å². The fraction of sp³-hybridized carbons (Fsp3) is 0.133. The number of phenols is 1. The number of aromatic hydroxyl groups is 1. The van der Waals surface area contributed by atoms with E-state index in [1.807, 2.05) is 13.8 Å². The van der Waals surface area contributed by atoms with Crippen molar-refractivity contribution in [2.75, 3.05) is 0 Å². The van der Waals surface area contributed by atoms with E-state index in [1.165, 1.54) is 18.2 Å². The van der Waals surface area contributed by atoms with Gasteiger partial charge in [-0.05, 0) is 18.2 Å². The predicted octanol–water partition coefficient (Wildman–Crippen LogP) is 3.81. The highest BCUT2D eigenvalue weighted by molar-refractivity contribution is 5.85. The highest BCUT2D eigenvalue weighted by Crippen LogP contribution is 2.25. The second-order valence-electron chi connectivity index (χ2n) is 3.27. The summed E-state index contributed by atoms with van der Waals surface area (Å²) in [5.41, 5.74) is 0.308. The molecule has 0 unspecified atom stereocenters. The van der Waals surface area contributed by atoms with Crippen LogP contribution in [0.5, 0.6) is 5.75 Å². The zero-order chi connectivity index (χ0) is 13.7. The minimum absolute atomic E-state index is 0.0617. The maximum absolute atomic E-state index is 12.0. The third-order valence-electron chi connectivity index (χ3n) is 2.35. The molecule has 1 aromatic carbocycles. The Labute approximate surface area is 106 Å². The summed E-state index contributed by atoms with van der Waals surface area (Å²) < 4.78 is 5.41. The van der Waals surface area contributed by atoms with Crippen molar-refractivity contribution < 1.29 is 9.52 Å². The number of benzene rings is 1. The van der Waals surface area contributed by atoms with Crippen LogP contribution in [-0.4, -0.2) is 5.11 Å². The molecule has 2 rings (SSSR count). The van der Waals surface area contributed by atoms with Crippen LogP contribution in [0.1, 0.15) is 25.2 Å². The van der Waals surface area contributed by atoms with E-state index in [1.54, 1.807) is 12.1 Å². The smallest absolute Gasteiger partial charge is 0.200 e. The number of hydrogen-bond donors (Lipinski definition) is 1. The van der Waals surface area contributed by atoms with Crippen molar-refractivity contribution in [1.82, 2.24) is 0 Å². The molecule has 18 heavy (non-hydrogen) atoms. The quantitative estimate of drug-likeness (QED) is 0.873. The van der Waals surface area contributed by atoms with Crippen LogP contribution in [0, 0.1) is 0 Å². The summed E-state index contributed by atoms with van der Waals surface area (Å²) in [4.78, 5) is 12.0. The SMILES string of the molecule is C=Cc1oc2c(O)cccc2c(=O)c1C=C.CC. The van der Waals surface area contributed by atoms with Crippen LogP contribution in [0.2, 0.25) is 0 Å². The first-order chi connectivity index (χ1) is 8.69. The summed E-state index contributed by atoms with van der Waals surface area (Å²) in [6, 6.07) is 4.65. The Morgan fingerprint density at radius 2 is 1.89 bits per heavy atom. The van der Waals surface area contributed by atoms with Crippen LogP contribution >= 0.6 is 0 Å². The first kappa shape index (κ1) is 13.8. The van der Waals surface area contributed by atoms with Crippen LogP contribution in [0.25, 0.3) is 23.1 Å². The molecule has 0 bridgehead atoms. The lowest BCUT2D eigenvalue weighted by Crippen LogP contribution is -2.07. The third-order valence-corrected chi connectivity index (χ3v) is 2.35. The molecule has 0 saturated carbocycles. The Morgan fingerprint density at radius 1 is 1.22 bits per heavy atom. The number of rotatable bonds is 2. The summed E-state index contributed by atoms with van der Waals surface area (Å²) in [6.07, 6.45) is 2.84. The highest BCUT2D eigenvalue weighted by atomic mass is 16.4. The molecule has 0 aliphatic carbocycles. The average Bonchev–Trinajstić information content (AvgIpc) is 2.42. The minimum atomic E-state index is -0.220. The van der Waals surface area contributed by atoms with E-state index >= 15 is 0 Å². The highest BCUT2D eigenvalue weighted by Gasteiger charge is 2.11. The predicted molar refractivity (Wildman–Crippen MR) is 75.7 cm³/mol. The summed E-state index contributed by atoms with van der Waals surface area (Å²) in [5.74, 6) is 0.252. The van der Waals surface area contributed by atoms with Gasteiger partial charge in [-0.2, -0.15) is 0 Å². The molecule has 0 saturated heterocycles. The van der Waals surface area contributed by atoms with Crippen molar-refractivity contribution in [3.63, 3.8) is 0 Å². The van der Waals surface area contributed by atoms with Gasteiger partial charge in [0.1, 0.15) is 5.76 Å². The van der Waals surface area contributed by atoms with Crippen molar-refractivity contribution >= 4 is 23.1 Å². The standard InChI is InChI=1S/C13H10O3.C2H6/c1-3-8-11(4-2)16-13-9(12(8)15)6-5-7-10(13)14;1-2/h3-7,14H,1-2H2;1-2H3. The molecule has 0 radical (unpaired) electrons. The Bertz CT molecular complexity index is 636. The van der Waals surface area contributed by atoms with Crippen LogP contribution in [0.3, 0.4) is 0 Å². The van der Waals surface area contributed by atoms with Gasteiger partial charge in [0.2, 0.25) is 5.43 Å². The van der Waals surface area contributed by atoms with E-state index < -0.39 is 0 Å². The Morgan fingerprint density at radius 3 is 2.44 bits per heavy atom. The van der Waals surface area contributed by atoms with E-state index in [0.29, 0.717) is 16.7 Å². The van der Waals surface area contributed by atoms with Crippen molar-refractivity contribution in [2.24, 2.45) is 0 Å². The summed E-state index contributed by atoms with van der Waals surface area (Å²) >= 11 is 0. The number of hydrogen-bond acceptors (Lipinski definition) is 3. The van der Waals surface area contributed by atoms with Crippen LogP contribution in [0.15, 0.2) is 40.6 Å². The van der Waals surface area contributed by atoms with Gasteiger partial charge < -0.3 is 9.52 Å². The third kappa shape index (κ3) is 2.20. The topological polar surface area (TPSA) is 50.4 Å². The van der Waals surface area contributed by atoms with E-state index in [4.69, 9.17) is 4.42 Å². The van der Waals surface area contributed by atoms with Gasteiger partial charge in [-0.15, -0.1) is 0 Å². The van der Waals surface area contributed by atoms with E-state index in [2.05, 4.69) is 13.2 Å². The fourth-order valence-corrected chi connectivity index (χ4v) is 1.58. The van der Waals surface area contributed by atoms with Crippen LogP contribution in [0.4, 0.5) is 0 Å². The maximum atomic E-state index is 12.0. The minimum Gasteiger partial charge on any atom is -0.504 e. The van der Waals surface area contributed by atoms with Crippen molar-refractivity contribution in [3.8, 4) is 5.75 Å². The van der Waals surface area contributed by atoms with Gasteiger partial charge in [0.15, 0.2) is 11.3 Å². The lowest BCUT2D eigenvalue weighted by atomic mass is 10.1. The van der Waals surface area contributed by atoms with E-state index in [-0.39, 0.29) is 16.8 Å². The van der Waals surface area contributed by atoms with E-state index in [0.717, 1.165) is 0 Å². The second-order valence-corrected chi connectivity index (χ2v) is 3.27. The molecule has 2 aromatic rings. The van der Waals surface area contributed by atoms with Crippen molar-refractivity contribution in [2.45, 2.75) is 13.8 Å². The molecule has 0 aliphatic rings. The fourth-order valence-electron chi connectivity index (χ4n) is 1.58. The molecule has 0 spiro atoms. The molecule has 3 heteroatoms. The Kier molecular flexibility index (Phi) is 4.49. The second kappa shape index (κ2) is 5.87. The lowest BCUT2D eigenvalue weighted by molar-refractivity contribution is 0.461. The largest absolute Gasteiger partial charge is 0.504 e. The average molecular weight is 244 g/mol. The van der Waals surface area contributed by atoms with Gasteiger partial charge in [0, 0.05) is 0 Å². The molecular formula is C15H16O3. The lowest BCUT2D eigenvalue weighted by Gasteiger charge is -2.04. The number of phenolic OH excluding ortho intramolecular Hbond substituents is 1. The number of fused-ring (bicyclic) bond motifs is 1. The molecule has 1 aromatic heterocycles. The van der Waals surface area contributed by atoms with Crippen molar-refractivity contribution in [1.29, 1.82) is 0 Å². The van der Waals surface area contributed by atoms with Crippen molar-refractivity contribution in [3.05, 3.63) is 52.9 Å². The van der Waals surface area contributed by atoms with Gasteiger partial charge >= 0.3 is 0 Å². The molecule has 0 atom stereocenters. The molecule has 0 aliphatic heterocycles. The summed E-state index contributed by atoms with van der Waals surface area (Å²) in [5, 5.41) is 9.92. The molecular weight excluding hydrogens is 228 g/mol.